The molecule has 2 rings (SSSR count). The van der Waals surface area contributed by atoms with Gasteiger partial charge in [-0.05, 0) is 31.9 Å². The van der Waals surface area contributed by atoms with Crippen molar-refractivity contribution in [2.24, 2.45) is 4.99 Å². The zero-order valence-electron chi connectivity index (χ0n) is 15.1. The Balaban J connectivity index is 1.61. The van der Waals surface area contributed by atoms with Crippen molar-refractivity contribution in [2.45, 2.75) is 39.7 Å². The van der Waals surface area contributed by atoms with E-state index in [1.807, 2.05) is 12.1 Å². The van der Waals surface area contributed by atoms with Crippen LogP contribution in [0.1, 0.15) is 36.7 Å². The molecular formula is C18H28N4O2S. The van der Waals surface area contributed by atoms with Crippen molar-refractivity contribution in [1.82, 2.24) is 15.6 Å². The summed E-state index contributed by atoms with van der Waals surface area (Å²) in [6, 6.07) is 3.78. The van der Waals surface area contributed by atoms with Crippen LogP contribution < -0.4 is 10.6 Å². The second-order valence-corrected chi connectivity index (χ2v) is 6.45. The second-order valence-electron chi connectivity index (χ2n) is 5.51. The average molecular weight is 365 g/mol. The first-order valence-electron chi connectivity index (χ1n) is 8.87. The van der Waals surface area contributed by atoms with Crippen molar-refractivity contribution in [2.75, 3.05) is 26.2 Å². The van der Waals surface area contributed by atoms with E-state index in [0.717, 1.165) is 56.3 Å². The van der Waals surface area contributed by atoms with Crippen molar-refractivity contribution in [3.8, 4) is 0 Å². The Morgan fingerprint density at radius 1 is 1.36 bits per heavy atom. The van der Waals surface area contributed by atoms with Gasteiger partial charge in [0.05, 0.1) is 17.0 Å². The Labute approximate surface area is 153 Å². The van der Waals surface area contributed by atoms with E-state index in [-0.39, 0.29) is 0 Å². The molecule has 0 spiro atoms. The van der Waals surface area contributed by atoms with Crippen LogP contribution in [0.4, 0.5) is 0 Å². The number of thiazole rings is 1. The molecule has 0 fully saturated rings. The van der Waals surface area contributed by atoms with Crippen LogP contribution in [0.15, 0.2) is 33.2 Å². The predicted octanol–water partition coefficient (Wildman–Crippen LogP) is 3.00. The van der Waals surface area contributed by atoms with Crippen molar-refractivity contribution >= 4 is 17.3 Å². The molecule has 0 radical (unpaired) electrons. The molecule has 0 aromatic carbocycles. The van der Waals surface area contributed by atoms with Crippen LogP contribution in [0.5, 0.6) is 0 Å². The Hall–Kier alpha value is -1.86. The summed E-state index contributed by atoms with van der Waals surface area (Å²) in [5, 5.41) is 9.96. The van der Waals surface area contributed by atoms with Crippen LogP contribution >= 0.6 is 11.3 Å². The number of nitrogens with zero attached hydrogens (tertiary/aromatic N) is 2. The van der Waals surface area contributed by atoms with Gasteiger partial charge in [-0.1, -0.05) is 6.92 Å². The Morgan fingerprint density at radius 3 is 3.00 bits per heavy atom. The lowest BCUT2D eigenvalue weighted by Gasteiger charge is -2.10. The molecule has 138 valence electrons. The number of guanidine groups is 1. The Bertz CT molecular complexity index is 610. The standard InChI is InChI=1S/C18H28N4O2S/c1-3-17-22-15(14-25-17)8-10-21-18(19-4-2)20-9-6-11-23-13-16-7-5-12-24-16/h5,7,12,14H,3-4,6,8-11,13H2,1-2H3,(H2,19,20,21). The van der Waals surface area contributed by atoms with E-state index in [1.165, 1.54) is 5.01 Å². The molecule has 2 heterocycles. The van der Waals surface area contributed by atoms with Crippen LogP contribution in [0.3, 0.4) is 0 Å². The molecule has 2 aromatic rings. The highest BCUT2D eigenvalue weighted by Crippen LogP contribution is 2.10. The van der Waals surface area contributed by atoms with Gasteiger partial charge < -0.3 is 19.8 Å². The van der Waals surface area contributed by atoms with E-state index in [2.05, 4.69) is 39.8 Å². The highest BCUT2D eigenvalue weighted by atomic mass is 32.1. The van der Waals surface area contributed by atoms with Crippen LogP contribution in [0.25, 0.3) is 0 Å². The van der Waals surface area contributed by atoms with Crippen LogP contribution in [0.2, 0.25) is 0 Å². The number of rotatable bonds is 11. The van der Waals surface area contributed by atoms with Gasteiger partial charge in [-0.25, -0.2) is 4.98 Å². The van der Waals surface area contributed by atoms with Gasteiger partial charge in [0.25, 0.3) is 0 Å². The van der Waals surface area contributed by atoms with E-state index >= 15 is 0 Å². The summed E-state index contributed by atoms with van der Waals surface area (Å²) in [7, 11) is 0. The maximum atomic E-state index is 5.56. The third kappa shape index (κ3) is 7.70. The zero-order valence-corrected chi connectivity index (χ0v) is 15.9. The molecule has 25 heavy (non-hydrogen) atoms. The van der Waals surface area contributed by atoms with Gasteiger partial charge in [-0.2, -0.15) is 0 Å². The summed E-state index contributed by atoms with van der Waals surface area (Å²) in [5.74, 6) is 1.70. The molecule has 0 aliphatic rings. The third-order valence-electron chi connectivity index (χ3n) is 3.46. The molecule has 0 bridgehead atoms. The molecule has 2 aromatic heterocycles. The molecule has 0 aliphatic carbocycles. The van der Waals surface area contributed by atoms with Gasteiger partial charge in [0, 0.05) is 38.0 Å². The quantitative estimate of drug-likeness (QED) is 0.364. The molecule has 2 N–H and O–H groups in total. The smallest absolute Gasteiger partial charge is 0.191 e. The number of aryl methyl sites for hydroxylation is 1. The highest BCUT2D eigenvalue weighted by molar-refractivity contribution is 7.09. The number of aliphatic imine (C=N–C) groups is 1. The minimum atomic E-state index is 0.516. The number of ether oxygens (including phenoxy) is 1. The molecule has 7 heteroatoms. The summed E-state index contributed by atoms with van der Waals surface area (Å²) < 4.78 is 10.8. The molecule has 0 saturated heterocycles. The topological polar surface area (TPSA) is 71.7 Å². The molecular weight excluding hydrogens is 336 g/mol. The van der Waals surface area contributed by atoms with E-state index in [1.54, 1.807) is 17.6 Å². The lowest BCUT2D eigenvalue weighted by molar-refractivity contribution is 0.105. The Morgan fingerprint density at radius 2 is 2.28 bits per heavy atom. The second kappa shape index (κ2) is 11.7. The SMILES string of the molecule is CCNC(=NCCCOCc1ccco1)NCCc1csc(CC)n1. The first kappa shape index (κ1) is 19.5. The fourth-order valence-electron chi connectivity index (χ4n) is 2.20. The number of hydrogen-bond donors (Lipinski definition) is 2. The number of aromatic nitrogens is 1. The van der Waals surface area contributed by atoms with Gasteiger partial charge in [0.1, 0.15) is 12.4 Å². The van der Waals surface area contributed by atoms with Crippen molar-refractivity contribution < 1.29 is 9.15 Å². The van der Waals surface area contributed by atoms with E-state index in [9.17, 15) is 0 Å². The largest absolute Gasteiger partial charge is 0.467 e. The van der Waals surface area contributed by atoms with Gasteiger partial charge >= 0.3 is 0 Å². The average Bonchev–Trinajstić information content (AvgIpc) is 3.29. The van der Waals surface area contributed by atoms with Gasteiger partial charge in [-0.3, -0.25) is 4.99 Å². The third-order valence-corrected chi connectivity index (χ3v) is 4.50. The Kier molecular flexibility index (Phi) is 9.07. The van der Waals surface area contributed by atoms with Crippen molar-refractivity contribution in [3.05, 3.63) is 40.2 Å². The molecule has 0 aliphatic heterocycles. The van der Waals surface area contributed by atoms with Gasteiger partial charge in [0.2, 0.25) is 0 Å². The van der Waals surface area contributed by atoms with Gasteiger partial charge in [0.15, 0.2) is 5.96 Å². The minimum Gasteiger partial charge on any atom is -0.467 e. The molecule has 0 unspecified atom stereocenters. The minimum absolute atomic E-state index is 0.516. The summed E-state index contributed by atoms with van der Waals surface area (Å²) >= 11 is 1.73. The summed E-state index contributed by atoms with van der Waals surface area (Å²) in [6.45, 7) is 7.78. The molecule has 6 nitrogen and oxygen atoms in total. The first-order chi connectivity index (χ1) is 12.3. The molecule has 0 atom stereocenters. The highest BCUT2D eigenvalue weighted by Gasteiger charge is 2.02. The monoisotopic (exact) mass is 364 g/mol. The summed E-state index contributed by atoms with van der Waals surface area (Å²) in [6.07, 6.45) is 4.45. The normalized spacial score (nSPS) is 11.7. The van der Waals surface area contributed by atoms with E-state index in [0.29, 0.717) is 13.2 Å². The maximum Gasteiger partial charge on any atom is 0.191 e. The fraction of sp³-hybridized carbons (Fsp3) is 0.556. The fourth-order valence-corrected chi connectivity index (χ4v) is 2.98. The lowest BCUT2D eigenvalue weighted by Crippen LogP contribution is -2.38. The number of furan rings is 1. The van der Waals surface area contributed by atoms with Crippen molar-refractivity contribution in [1.29, 1.82) is 0 Å². The molecule has 0 saturated carbocycles. The molecule has 0 amide bonds. The predicted molar refractivity (Wildman–Crippen MR) is 102 cm³/mol. The van der Waals surface area contributed by atoms with E-state index in [4.69, 9.17) is 9.15 Å². The van der Waals surface area contributed by atoms with Crippen LogP contribution in [0, 0.1) is 0 Å². The van der Waals surface area contributed by atoms with Crippen LogP contribution in [-0.2, 0) is 24.2 Å². The number of hydrogen-bond acceptors (Lipinski definition) is 5. The van der Waals surface area contributed by atoms with E-state index < -0.39 is 0 Å². The maximum absolute atomic E-state index is 5.56. The zero-order chi connectivity index (χ0) is 17.7. The summed E-state index contributed by atoms with van der Waals surface area (Å²) in [4.78, 5) is 9.16. The van der Waals surface area contributed by atoms with Gasteiger partial charge in [-0.15, -0.1) is 11.3 Å². The van der Waals surface area contributed by atoms with Crippen LogP contribution in [-0.4, -0.2) is 37.2 Å². The number of nitrogens with one attached hydrogen (secondary N) is 2. The van der Waals surface area contributed by atoms with Crippen molar-refractivity contribution in [3.63, 3.8) is 0 Å². The first-order valence-corrected chi connectivity index (χ1v) is 9.75. The summed E-state index contributed by atoms with van der Waals surface area (Å²) in [5.41, 5.74) is 1.15. The lowest BCUT2D eigenvalue weighted by atomic mass is 10.3.